The summed E-state index contributed by atoms with van der Waals surface area (Å²) in [4.78, 5) is 15.1. The van der Waals surface area contributed by atoms with Crippen molar-refractivity contribution in [3.05, 3.63) is 46.4 Å². The third-order valence-electron chi connectivity index (χ3n) is 5.07. The van der Waals surface area contributed by atoms with Crippen LogP contribution in [-0.4, -0.2) is 48.2 Å². The average molecular weight is 394 g/mol. The van der Waals surface area contributed by atoms with E-state index in [-0.39, 0.29) is 17.9 Å². The second kappa shape index (κ2) is 7.83. The summed E-state index contributed by atoms with van der Waals surface area (Å²) in [5.74, 6) is -1.58. The van der Waals surface area contributed by atoms with Crippen molar-refractivity contribution in [3.63, 3.8) is 0 Å². The Hall–Kier alpha value is -2.55. The highest BCUT2D eigenvalue weighted by molar-refractivity contribution is 5.57. The van der Waals surface area contributed by atoms with Crippen LogP contribution in [0.2, 0.25) is 0 Å². The zero-order valence-corrected chi connectivity index (χ0v) is 15.2. The van der Waals surface area contributed by atoms with Crippen molar-refractivity contribution in [3.8, 4) is 11.4 Å². The standard InChI is InChI=1S/C19H21F3N4O2/c20-12-1-2-16(10-12)28-18-17(25-5-3-23-4-6-25)11-24-26(19(18)27)15-8-13(21)7-14(22)9-15/h7-9,11-12,16,23H,1-6,10H2. The molecule has 6 nitrogen and oxygen atoms in total. The van der Waals surface area contributed by atoms with Crippen LogP contribution in [0.3, 0.4) is 0 Å². The van der Waals surface area contributed by atoms with Crippen molar-refractivity contribution in [2.24, 2.45) is 0 Å². The van der Waals surface area contributed by atoms with E-state index in [9.17, 15) is 18.0 Å². The molecule has 9 heteroatoms. The predicted octanol–water partition coefficient (Wildman–Crippen LogP) is 2.19. The van der Waals surface area contributed by atoms with Gasteiger partial charge in [-0.3, -0.25) is 4.79 Å². The second-order valence-corrected chi connectivity index (χ2v) is 7.09. The number of nitrogens with one attached hydrogen (secondary N) is 1. The largest absolute Gasteiger partial charge is 0.483 e. The molecular weight excluding hydrogens is 373 g/mol. The summed E-state index contributed by atoms with van der Waals surface area (Å²) in [7, 11) is 0. The Morgan fingerprint density at radius 1 is 1.11 bits per heavy atom. The van der Waals surface area contributed by atoms with Gasteiger partial charge >= 0.3 is 5.56 Å². The van der Waals surface area contributed by atoms with Gasteiger partial charge in [0, 0.05) is 38.7 Å². The smallest absolute Gasteiger partial charge is 0.316 e. The molecule has 2 heterocycles. The van der Waals surface area contributed by atoms with Crippen molar-refractivity contribution in [1.82, 2.24) is 15.1 Å². The Bertz CT molecular complexity index is 894. The number of hydrogen-bond donors (Lipinski definition) is 1. The molecule has 28 heavy (non-hydrogen) atoms. The zero-order valence-electron chi connectivity index (χ0n) is 15.2. The van der Waals surface area contributed by atoms with Crippen LogP contribution in [0.5, 0.6) is 5.75 Å². The molecule has 2 atom stereocenters. The molecule has 1 aromatic heterocycles. The minimum Gasteiger partial charge on any atom is -0.483 e. The summed E-state index contributed by atoms with van der Waals surface area (Å²) in [6.07, 6.45) is 1.23. The first-order chi connectivity index (χ1) is 13.5. The van der Waals surface area contributed by atoms with Gasteiger partial charge in [0.2, 0.25) is 5.75 Å². The van der Waals surface area contributed by atoms with E-state index in [0.717, 1.165) is 36.0 Å². The lowest BCUT2D eigenvalue weighted by atomic mass is 10.2. The van der Waals surface area contributed by atoms with Crippen LogP contribution < -0.4 is 20.5 Å². The van der Waals surface area contributed by atoms with Crippen LogP contribution >= 0.6 is 0 Å². The summed E-state index contributed by atoms with van der Waals surface area (Å²) in [6.45, 7) is 2.81. The maximum Gasteiger partial charge on any atom is 0.316 e. The maximum absolute atomic E-state index is 13.6. The van der Waals surface area contributed by atoms with E-state index in [2.05, 4.69) is 10.4 Å². The van der Waals surface area contributed by atoms with Crippen molar-refractivity contribution in [1.29, 1.82) is 0 Å². The fraction of sp³-hybridized carbons (Fsp3) is 0.474. The Labute approximate surface area is 159 Å². The quantitative estimate of drug-likeness (QED) is 0.862. The van der Waals surface area contributed by atoms with Gasteiger partial charge in [-0.15, -0.1) is 0 Å². The number of rotatable bonds is 4. The van der Waals surface area contributed by atoms with E-state index in [1.807, 2.05) is 4.90 Å². The molecule has 1 aliphatic carbocycles. The summed E-state index contributed by atoms with van der Waals surface area (Å²) >= 11 is 0. The van der Waals surface area contributed by atoms with Crippen molar-refractivity contribution in [2.45, 2.75) is 31.5 Å². The van der Waals surface area contributed by atoms with E-state index in [4.69, 9.17) is 4.74 Å². The monoisotopic (exact) mass is 394 g/mol. The zero-order chi connectivity index (χ0) is 19.7. The van der Waals surface area contributed by atoms with Crippen LogP contribution in [0.4, 0.5) is 18.9 Å². The number of alkyl halides is 1. The Morgan fingerprint density at radius 3 is 2.46 bits per heavy atom. The van der Waals surface area contributed by atoms with Crippen LogP contribution in [0.25, 0.3) is 5.69 Å². The molecule has 0 spiro atoms. The topological polar surface area (TPSA) is 59.4 Å². The second-order valence-electron chi connectivity index (χ2n) is 7.09. The first kappa shape index (κ1) is 18.8. The van der Waals surface area contributed by atoms with Gasteiger partial charge in [-0.25, -0.2) is 13.2 Å². The van der Waals surface area contributed by atoms with Crippen molar-refractivity contribution >= 4 is 5.69 Å². The third-order valence-corrected chi connectivity index (χ3v) is 5.07. The first-order valence-corrected chi connectivity index (χ1v) is 9.36. The Morgan fingerprint density at radius 2 is 1.82 bits per heavy atom. The van der Waals surface area contributed by atoms with E-state index < -0.39 is 29.5 Å². The predicted molar refractivity (Wildman–Crippen MR) is 98.0 cm³/mol. The van der Waals surface area contributed by atoms with Crippen LogP contribution in [0, 0.1) is 11.6 Å². The van der Waals surface area contributed by atoms with E-state index in [1.165, 1.54) is 6.20 Å². The number of hydrogen-bond acceptors (Lipinski definition) is 5. The number of benzene rings is 1. The fourth-order valence-electron chi connectivity index (χ4n) is 3.68. The summed E-state index contributed by atoms with van der Waals surface area (Å²) < 4.78 is 47.7. The van der Waals surface area contributed by atoms with Gasteiger partial charge in [0.15, 0.2) is 0 Å². The van der Waals surface area contributed by atoms with Gasteiger partial charge in [-0.05, 0) is 25.0 Å². The minimum atomic E-state index is -0.950. The lowest BCUT2D eigenvalue weighted by Gasteiger charge is -2.31. The highest BCUT2D eigenvalue weighted by Gasteiger charge is 2.29. The Kier molecular flexibility index (Phi) is 5.25. The van der Waals surface area contributed by atoms with Gasteiger partial charge in [0.05, 0.1) is 11.9 Å². The molecule has 150 valence electrons. The maximum atomic E-state index is 13.6. The molecule has 2 fully saturated rings. The summed E-state index contributed by atoms with van der Waals surface area (Å²) in [5, 5.41) is 7.34. The molecule has 0 amide bonds. The molecule has 0 radical (unpaired) electrons. The van der Waals surface area contributed by atoms with Gasteiger partial charge in [0.25, 0.3) is 0 Å². The van der Waals surface area contributed by atoms with Crippen LogP contribution in [-0.2, 0) is 0 Å². The molecule has 1 aliphatic heterocycles. The number of piperazine rings is 1. The highest BCUT2D eigenvalue weighted by atomic mass is 19.1. The van der Waals surface area contributed by atoms with E-state index in [0.29, 0.717) is 31.6 Å². The lowest BCUT2D eigenvalue weighted by molar-refractivity contribution is 0.193. The van der Waals surface area contributed by atoms with Crippen LogP contribution in [0.1, 0.15) is 19.3 Å². The van der Waals surface area contributed by atoms with Gasteiger partial charge < -0.3 is 15.0 Å². The lowest BCUT2D eigenvalue weighted by Crippen LogP contribution is -2.44. The average Bonchev–Trinajstić information content (AvgIpc) is 3.08. The third kappa shape index (κ3) is 3.84. The number of anilines is 1. The van der Waals surface area contributed by atoms with E-state index >= 15 is 0 Å². The Balaban J connectivity index is 1.76. The van der Waals surface area contributed by atoms with Crippen LogP contribution in [0.15, 0.2) is 29.2 Å². The summed E-state index contributed by atoms with van der Waals surface area (Å²) in [6, 6.07) is 2.78. The normalized spacial score (nSPS) is 22.5. The van der Waals surface area contributed by atoms with Crippen molar-refractivity contribution < 1.29 is 17.9 Å². The molecule has 1 N–H and O–H groups in total. The minimum absolute atomic E-state index is 0.0333. The number of halogens is 3. The van der Waals surface area contributed by atoms with E-state index in [1.54, 1.807) is 0 Å². The molecule has 2 aliphatic rings. The van der Waals surface area contributed by atoms with Gasteiger partial charge in [-0.1, -0.05) is 0 Å². The van der Waals surface area contributed by atoms with Gasteiger partial charge in [0.1, 0.15) is 29.6 Å². The summed E-state index contributed by atoms with van der Waals surface area (Å²) in [5.41, 5.74) is -0.140. The molecule has 0 bridgehead atoms. The number of nitrogens with zero attached hydrogens (tertiary/aromatic N) is 3. The SMILES string of the molecule is O=c1c(OC2CCC(F)C2)c(N2CCNCC2)cnn1-c1cc(F)cc(F)c1. The molecule has 2 unspecified atom stereocenters. The molecule has 1 saturated heterocycles. The molecule has 1 saturated carbocycles. The number of ether oxygens (including phenoxy) is 1. The molecule has 1 aromatic carbocycles. The molecule has 4 rings (SSSR count). The van der Waals surface area contributed by atoms with Gasteiger partial charge in [-0.2, -0.15) is 9.78 Å². The molecular formula is C19H21F3N4O2. The van der Waals surface area contributed by atoms with Crippen molar-refractivity contribution in [2.75, 3.05) is 31.1 Å². The highest BCUT2D eigenvalue weighted by Crippen LogP contribution is 2.30. The molecule has 2 aromatic rings. The number of aromatic nitrogens is 2. The first-order valence-electron chi connectivity index (χ1n) is 9.36. The fourth-order valence-corrected chi connectivity index (χ4v) is 3.68.